The number of carbonyl (C=O) groups excluding carboxylic acids is 3. The topological polar surface area (TPSA) is 93.7 Å². The van der Waals surface area contributed by atoms with Gasteiger partial charge in [-0.1, -0.05) is 17.7 Å². The highest BCUT2D eigenvalue weighted by molar-refractivity contribution is 6.33. The lowest BCUT2D eigenvalue weighted by molar-refractivity contribution is -0.152. The van der Waals surface area contributed by atoms with Crippen molar-refractivity contribution in [3.8, 4) is 5.75 Å². The van der Waals surface area contributed by atoms with Crippen LogP contribution >= 0.6 is 11.6 Å². The van der Waals surface area contributed by atoms with Crippen molar-refractivity contribution in [2.45, 2.75) is 13.0 Å². The van der Waals surface area contributed by atoms with Crippen LogP contribution in [0.15, 0.2) is 42.5 Å². The number of nitrogens with one attached hydrogen (secondary N) is 2. The SMILES string of the molecule is COc1cccc(C(=O)NCC(=O)O[C@@H](C)C(=O)Nc2ccc(F)cc2Cl)c1. The lowest BCUT2D eigenvalue weighted by atomic mass is 10.2. The van der Waals surface area contributed by atoms with E-state index < -0.39 is 36.2 Å². The lowest BCUT2D eigenvalue weighted by Gasteiger charge is -2.14. The largest absolute Gasteiger partial charge is 0.497 e. The number of hydrogen-bond acceptors (Lipinski definition) is 5. The standard InChI is InChI=1S/C19H18ClFN2O5/c1-11(18(25)23-16-7-6-13(21)9-15(16)20)28-17(24)10-22-19(26)12-4-3-5-14(8-12)27-2/h3-9,11H,10H2,1-2H3,(H,22,26)(H,23,25)/t11-/m0/s1. The summed E-state index contributed by atoms with van der Waals surface area (Å²) in [5.74, 6) is -2.00. The summed E-state index contributed by atoms with van der Waals surface area (Å²) in [5, 5.41) is 4.84. The number of esters is 1. The van der Waals surface area contributed by atoms with E-state index in [4.69, 9.17) is 21.1 Å². The molecule has 2 N–H and O–H groups in total. The van der Waals surface area contributed by atoms with E-state index >= 15 is 0 Å². The molecule has 2 rings (SSSR count). The predicted octanol–water partition coefficient (Wildman–Crippen LogP) is 2.79. The third-order valence-corrected chi connectivity index (χ3v) is 3.90. The molecule has 0 fully saturated rings. The molecule has 1 atom stereocenters. The molecule has 0 saturated heterocycles. The van der Waals surface area contributed by atoms with Gasteiger partial charge in [-0.05, 0) is 43.3 Å². The predicted molar refractivity (Wildman–Crippen MR) is 101 cm³/mol. The Morgan fingerprint density at radius 2 is 1.93 bits per heavy atom. The number of methoxy groups -OCH3 is 1. The number of halogens is 2. The molecule has 0 aromatic heterocycles. The normalized spacial score (nSPS) is 11.3. The summed E-state index contributed by atoms with van der Waals surface area (Å²) in [7, 11) is 1.47. The number of benzene rings is 2. The molecule has 0 saturated carbocycles. The molecule has 0 aliphatic rings. The average molecular weight is 409 g/mol. The van der Waals surface area contributed by atoms with Crippen LogP contribution in [0.1, 0.15) is 17.3 Å². The van der Waals surface area contributed by atoms with E-state index in [-0.39, 0.29) is 10.7 Å². The van der Waals surface area contributed by atoms with Crippen molar-refractivity contribution in [3.63, 3.8) is 0 Å². The number of rotatable bonds is 7. The zero-order valence-electron chi connectivity index (χ0n) is 15.1. The minimum Gasteiger partial charge on any atom is -0.497 e. The van der Waals surface area contributed by atoms with Crippen molar-refractivity contribution in [3.05, 3.63) is 58.9 Å². The first-order valence-electron chi connectivity index (χ1n) is 8.18. The van der Waals surface area contributed by atoms with Gasteiger partial charge in [-0.3, -0.25) is 14.4 Å². The Hall–Kier alpha value is -3.13. The molecule has 0 radical (unpaired) electrons. The fourth-order valence-corrected chi connectivity index (χ4v) is 2.35. The fourth-order valence-electron chi connectivity index (χ4n) is 2.14. The lowest BCUT2D eigenvalue weighted by Crippen LogP contribution is -2.35. The molecule has 0 bridgehead atoms. The molecule has 7 nitrogen and oxygen atoms in total. The first-order chi connectivity index (χ1) is 13.3. The summed E-state index contributed by atoms with van der Waals surface area (Å²) in [6.07, 6.45) is -1.15. The molecule has 148 valence electrons. The van der Waals surface area contributed by atoms with Crippen LogP contribution in [0.25, 0.3) is 0 Å². The van der Waals surface area contributed by atoms with Crippen LogP contribution in [0.2, 0.25) is 5.02 Å². The van der Waals surface area contributed by atoms with Crippen molar-refractivity contribution in [1.29, 1.82) is 0 Å². The highest BCUT2D eigenvalue weighted by atomic mass is 35.5. The summed E-state index contributed by atoms with van der Waals surface area (Å²) in [4.78, 5) is 36.0. The van der Waals surface area contributed by atoms with Gasteiger partial charge >= 0.3 is 5.97 Å². The van der Waals surface area contributed by atoms with E-state index in [0.717, 1.165) is 12.1 Å². The van der Waals surface area contributed by atoms with Crippen molar-refractivity contribution >= 4 is 35.1 Å². The Bertz CT molecular complexity index is 890. The van der Waals surface area contributed by atoms with E-state index in [1.807, 2.05) is 0 Å². The monoisotopic (exact) mass is 408 g/mol. The fraction of sp³-hybridized carbons (Fsp3) is 0.211. The van der Waals surface area contributed by atoms with Gasteiger partial charge in [0, 0.05) is 5.56 Å². The highest BCUT2D eigenvalue weighted by Crippen LogP contribution is 2.22. The van der Waals surface area contributed by atoms with E-state index in [0.29, 0.717) is 11.3 Å². The van der Waals surface area contributed by atoms with Gasteiger partial charge in [-0.2, -0.15) is 0 Å². The molecular weight excluding hydrogens is 391 g/mol. The summed E-state index contributed by atoms with van der Waals surface area (Å²) in [5.41, 5.74) is 0.492. The van der Waals surface area contributed by atoms with Crippen LogP contribution in [0.4, 0.5) is 10.1 Å². The number of hydrogen-bond donors (Lipinski definition) is 2. The molecule has 2 aromatic rings. The number of anilines is 1. The van der Waals surface area contributed by atoms with Gasteiger partial charge in [-0.25, -0.2) is 4.39 Å². The summed E-state index contributed by atoms with van der Waals surface area (Å²) < 4.78 is 23.0. The van der Waals surface area contributed by atoms with Gasteiger partial charge < -0.3 is 20.1 Å². The minimum absolute atomic E-state index is 0.0115. The molecular formula is C19H18ClFN2O5. The van der Waals surface area contributed by atoms with E-state index in [9.17, 15) is 18.8 Å². The number of amides is 2. The molecule has 0 unspecified atom stereocenters. The molecule has 9 heteroatoms. The van der Waals surface area contributed by atoms with Gasteiger partial charge in [0.15, 0.2) is 6.10 Å². The van der Waals surface area contributed by atoms with E-state index in [1.54, 1.807) is 18.2 Å². The first-order valence-corrected chi connectivity index (χ1v) is 8.55. The number of ether oxygens (including phenoxy) is 2. The maximum atomic E-state index is 13.0. The molecule has 0 aliphatic heterocycles. The van der Waals surface area contributed by atoms with Crippen LogP contribution in [0.5, 0.6) is 5.75 Å². The number of carbonyl (C=O) groups is 3. The molecule has 0 heterocycles. The average Bonchev–Trinajstić information content (AvgIpc) is 2.68. The first kappa shape index (κ1) is 21.2. The van der Waals surface area contributed by atoms with Crippen molar-refractivity contribution in [2.24, 2.45) is 0 Å². The highest BCUT2D eigenvalue weighted by Gasteiger charge is 2.19. The smallest absolute Gasteiger partial charge is 0.326 e. The van der Waals surface area contributed by atoms with Crippen LogP contribution < -0.4 is 15.4 Å². The second kappa shape index (κ2) is 9.70. The third kappa shape index (κ3) is 5.95. The molecule has 2 aromatic carbocycles. The van der Waals surface area contributed by atoms with Gasteiger partial charge in [-0.15, -0.1) is 0 Å². The zero-order chi connectivity index (χ0) is 20.7. The Morgan fingerprint density at radius 3 is 2.61 bits per heavy atom. The van der Waals surface area contributed by atoms with E-state index in [2.05, 4.69) is 10.6 Å². The van der Waals surface area contributed by atoms with Crippen LogP contribution in [0.3, 0.4) is 0 Å². The Morgan fingerprint density at radius 1 is 1.18 bits per heavy atom. The molecule has 28 heavy (non-hydrogen) atoms. The summed E-state index contributed by atoms with van der Waals surface area (Å²) in [6.45, 7) is 0.930. The molecule has 0 aliphatic carbocycles. The van der Waals surface area contributed by atoms with Crippen LogP contribution in [-0.2, 0) is 14.3 Å². The van der Waals surface area contributed by atoms with Gasteiger partial charge in [0.05, 0.1) is 17.8 Å². The molecule has 2 amide bonds. The van der Waals surface area contributed by atoms with Crippen molar-refractivity contribution < 1.29 is 28.2 Å². The Labute approximate surface area is 165 Å². The quantitative estimate of drug-likeness (QED) is 0.687. The second-order valence-electron chi connectivity index (χ2n) is 5.66. The van der Waals surface area contributed by atoms with Gasteiger partial charge in [0.1, 0.15) is 18.1 Å². The maximum absolute atomic E-state index is 13.0. The van der Waals surface area contributed by atoms with Crippen molar-refractivity contribution in [1.82, 2.24) is 5.32 Å². The van der Waals surface area contributed by atoms with E-state index in [1.165, 1.54) is 26.2 Å². The van der Waals surface area contributed by atoms with Gasteiger partial charge in [0.25, 0.3) is 11.8 Å². The molecule has 0 spiro atoms. The van der Waals surface area contributed by atoms with Gasteiger partial charge in [0.2, 0.25) is 0 Å². The Kier molecular flexibility index (Phi) is 7.34. The zero-order valence-corrected chi connectivity index (χ0v) is 15.9. The van der Waals surface area contributed by atoms with Crippen molar-refractivity contribution in [2.75, 3.05) is 19.0 Å². The third-order valence-electron chi connectivity index (χ3n) is 3.59. The van der Waals surface area contributed by atoms with Crippen LogP contribution in [0, 0.1) is 5.82 Å². The maximum Gasteiger partial charge on any atom is 0.326 e. The second-order valence-corrected chi connectivity index (χ2v) is 6.07. The Balaban J connectivity index is 1.84. The summed E-state index contributed by atoms with van der Waals surface area (Å²) in [6, 6.07) is 9.86. The minimum atomic E-state index is -1.15. The van der Waals surface area contributed by atoms with Crippen LogP contribution in [-0.4, -0.2) is 37.5 Å². The summed E-state index contributed by atoms with van der Waals surface area (Å²) >= 11 is 5.83.